The van der Waals surface area contributed by atoms with Crippen molar-refractivity contribution in [2.45, 2.75) is 6.54 Å². The molecular weight excluding hydrogens is 426 g/mol. The molecule has 0 aliphatic carbocycles. The molecule has 8 nitrogen and oxygen atoms in total. The van der Waals surface area contributed by atoms with E-state index in [-0.39, 0.29) is 11.5 Å². The van der Waals surface area contributed by atoms with Gasteiger partial charge in [-0.2, -0.15) is 4.99 Å². The monoisotopic (exact) mass is 437 g/mol. The molecule has 0 atom stereocenters. The number of halogens is 1. The molecule has 0 aliphatic rings. The first kappa shape index (κ1) is 19.9. The van der Waals surface area contributed by atoms with Crippen LogP contribution in [0.4, 0.5) is 5.00 Å². The molecule has 28 heavy (non-hydrogen) atoms. The van der Waals surface area contributed by atoms with Gasteiger partial charge in [-0.3, -0.25) is 19.7 Å². The van der Waals surface area contributed by atoms with E-state index in [9.17, 15) is 19.7 Å². The lowest BCUT2D eigenvalue weighted by atomic mass is 10.3. The molecule has 11 heteroatoms. The van der Waals surface area contributed by atoms with Gasteiger partial charge in [-0.05, 0) is 24.3 Å². The van der Waals surface area contributed by atoms with Gasteiger partial charge < -0.3 is 9.30 Å². The van der Waals surface area contributed by atoms with E-state index < -0.39 is 16.8 Å². The highest BCUT2D eigenvalue weighted by molar-refractivity contribution is 7.16. The van der Waals surface area contributed by atoms with Crippen molar-refractivity contribution in [2.75, 3.05) is 7.11 Å². The number of carbonyl (C=O) groups excluding carboxylic acids is 2. The van der Waals surface area contributed by atoms with Gasteiger partial charge in [0, 0.05) is 17.0 Å². The highest BCUT2D eigenvalue weighted by atomic mass is 35.5. The number of para-hydroxylation sites is 1. The average Bonchev–Trinajstić information content (AvgIpc) is 3.26. The van der Waals surface area contributed by atoms with E-state index in [2.05, 4.69) is 4.99 Å². The van der Waals surface area contributed by atoms with Crippen LogP contribution in [0.15, 0.2) is 41.4 Å². The first-order valence-corrected chi connectivity index (χ1v) is 9.76. The molecular formula is C17H12ClN3O5S2. The van der Waals surface area contributed by atoms with Crippen molar-refractivity contribution in [3.63, 3.8) is 0 Å². The maximum absolute atomic E-state index is 12.3. The maximum atomic E-state index is 12.3. The average molecular weight is 438 g/mol. The SMILES string of the molecule is COC(=O)Cn1c(=NC(=O)/C=C/c2ccc([N+](=O)[O-])s2)sc2cccc(Cl)c21. The predicted molar refractivity (Wildman–Crippen MR) is 107 cm³/mol. The summed E-state index contributed by atoms with van der Waals surface area (Å²) in [6.45, 7) is -0.146. The number of amides is 1. The van der Waals surface area contributed by atoms with Gasteiger partial charge in [-0.1, -0.05) is 40.3 Å². The number of carbonyl (C=O) groups is 2. The quantitative estimate of drug-likeness (QED) is 0.262. The van der Waals surface area contributed by atoms with Gasteiger partial charge >= 0.3 is 11.0 Å². The lowest BCUT2D eigenvalue weighted by Gasteiger charge is -2.04. The summed E-state index contributed by atoms with van der Waals surface area (Å²) in [4.78, 5) is 39.1. The molecule has 3 rings (SSSR count). The molecule has 1 aromatic carbocycles. The van der Waals surface area contributed by atoms with E-state index in [0.29, 0.717) is 20.2 Å². The third-order valence-electron chi connectivity index (χ3n) is 3.56. The summed E-state index contributed by atoms with van der Waals surface area (Å²) >= 11 is 8.41. The Hall–Kier alpha value is -2.82. The fourth-order valence-corrected chi connectivity index (χ4v) is 4.45. The van der Waals surface area contributed by atoms with Crippen LogP contribution in [0.25, 0.3) is 16.3 Å². The second-order valence-corrected chi connectivity index (χ2v) is 7.86. The topological polar surface area (TPSA) is 104 Å². The minimum absolute atomic E-state index is 0.0147. The molecule has 144 valence electrons. The summed E-state index contributed by atoms with van der Waals surface area (Å²) in [6, 6.07) is 8.16. The molecule has 0 radical (unpaired) electrons. The Morgan fingerprint density at radius 3 is 2.79 bits per heavy atom. The number of thiazole rings is 1. The molecule has 3 aromatic rings. The van der Waals surface area contributed by atoms with Crippen LogP contribution in [0.3, 0.4) is 0 Å². The Bertz CT molecular complexity index is 1180. The van der Waals surface area contributed by atoms with E-state index in [4.69, 9.17) is 16.3 Å². The standard InChI is InChI=1S/C17H12ClN3O5S2/c1-26-15(23)9-20-16-11(18)3-2-4-12(16)28-17(20)19-13(22)7-5-10-6-8-14(27-10)21(24)25/h2-8H,9H2,1H3/b7-5+,19-17?. The van der Waals surface area contributed by atoms with Crippen molar-refractivity contribution in [1.29, 1.82) is 0 Å². The van der Waals surface area contributed by atoms with Gasteiger partial charge in [0.25, 0.3) is 5.91 Å². The second kappa shape index (κ2) is 8.46. The number of esters is 1. The normalized spacial score (nSPS) is 12.0. The number of nitro groups is 1. The van der Waals surface area contributed by atoms with Crippen LogP contribution in [-0.4, -0.2) is 28.5 Å². The number of rotatable bonds is 5. The minimum Gasteiger partial charge on any atom is -0.468 e. The fraction of sp³-hybridized carbons (Fsp3) is 0.118. The van der Waals surface area contributed by atoms with Crippen LogP contribution < -0.4 is 4.80 Å². The summed E-state index contributed by atoms with van der Waals surface area (Å²) < 4.78 is 7.00. The van der Waals surface area contributed by atoms with Gasteiger partial charge in [0.05, 0.1) is 27.3 Å². The predicted octanol–water partition coefficient (Wildman–Crippen LogP) is 3.64. The summed E-state index contributed by atoms with van der Waals surface area (Å²) in [5, 5.41) is 11.1. The van der Waals surface area contributed by atoms with E-state index in [0.717, 1.165) is 16.0 Å². The van der Waals surface area contributed by atoms with Gasteiger partial charge in [0.2, 0.25) is 0 Å². The molecule has 0 spiro atoms. The molecule has 0 saturated heterocycles. The summed E-state index contributed by atoms with van der Waals surface area (Å²) in [5.74, 6) is -1.08. The number of benzene rings is 1. The van der Waals surface area contributed by atoms with Gasteiger partial charge in [-0.15, -0.1) is 0 Å². The third kappa shape index (κ3) is 4.35. The molecule has 2 aromatic heterocycles. The van der Waals surface area contributed by atoms with Crippen LogP contribution in [0.5, 0.6) is 0 Å². The smallest absolute Gasteiger partial charge is 0.325 e. The van der Waals surface area contributed by atoms with Crippen LogP contribution in [-0.2, 0) is 20.9 Å². The van der Waals surface area contributed by atoms with Crippen molar-refractivity contribution in [3.05, 3.63) is 61.2 Å². The van der Waals surface area contributed by atoms with E-state index >= 15 is 0 Å². The van der Waals surface area contributed by atoms with Crippen molar-refractivity contribution in [1.82, 2.24) is 4.57 Å². The number of thiophene rings is 1. The zero-order valence-electron chi connectivity index (χ0n) is 14.3. The molecule has 0 fully saturated rings. The van der Waals surface area contributed by atoms with Crippen molar-refractivity contribution in [3.8, 4) is 0 Å². The van der Waals surface area contributed by atoms with Crippen molar-refractivity contribution < 1.29 is 19.2 Å². The van der Waals surface area contributed by atoms with Crippen LogP contribution in [0, 0.1) is 10.1 Å². The minimum atomic E-state index is -0.572. The number of hydrogen-bond donors (Lipinski definition) is 0. The van der Waals surface area contributed by atoms with E-state index in [1.165, 1.54) is 41.2 Å². The lowest BCUT2D eigenvalue weighted by molar-refractivity contribution is -0.380. The first-order valence-electron chi connectivity index (χ1n) is 7.74. The molecule has 0 N–H and O–H groups in total. The third-order valence-corrected chi connectivity index (χ3v) is 5.91. The number of nitrogens with zero attached hydrogens (tertiary/aromatic N) is 3. The molecule has 2 heterocycles. The van der Waals surface area contributed by atoms with E-state index in [1.807, 2.05) is 6.07 Å². The Morgan fingerprint density at radius 2 is 2.11 bits per heavy atom. The molecule has 0 unspecified atom stereocenters. The highest BCUT2D eigenvalue weighted by Crippen LogP contribution is 2.26. The number of fused-ring (bicyclic) bond motifs is 1. The highest BCUT2D eigenvalue weighted by Gasteiger charge is 2.14. The zero-order chi connectivity index (χ0) is 20.3. The Labute approximate surface area is 171 Å². The Morgan fingerprint density at radius 1 is 1.32 bits per heavy atom. The molecule has 0 saturated carbocycles. The summed E-state index contributed by atoms with van der Waals surface area (Å²) in [5.41, 5.74) is 0.587. The molecule has 0 bridgehead atoms. The largest absolute Gasteiger partial charge is 0.468 e. The fourth-order valence-electron chi connectivity index (χ4n) is 2.33. The van der Waals surface area contributed by atoms with Crippen molar-refractivity contribution in [2.24, 2.45) is 4.99 Å². The summed E-state index contributed by atoms with van der Waals surface area (Å²) in [7, 11) is 1.27. The Kier molecular flexibility index (Phi) is 6.02. The van der Waals surface area contributed by atoms with E-state index in [1.54, 1.807) is 18.2 Å². The van der Waals surface area contributed by atoms with Gasteiger partial charge in [0.15, 0.2) is 4.80 Å². The number of hydrogen-bond acceptors (Lipinski definition) is 7. The van der Waals surface area contributed by atoms with Crippen LogP contribution >= 0.6 is 34.3 Å². The van der Waals surface area contributed by atoms with Crippen LogP contribution in [0.1, 0.15) is 4.88 Å². The second-order valence-electron chi connectivity index (χ2n) is 5.35. The van der Waals surface area contributed by atoms with Gasteiger partial charge in [-0.25, -0.2) is 0 Å². The van der Waals surface area contributed by atoms with Crippen LogP contribution in [0.2, 0.25) is 5.02 Å². The lowest BCUT2D eigenvalue weighted by Crippen LogP contribution is -2.22. The first-order chi connectivity index (χ1) is 13.4. The summed E-state index contributed by atoms with van der Waals surface area (Å²) in [6.07, 6.45) is 2.67. The number of aromatic nitrogens is 1. The van der Waals surface area contributed by atoms with Crippen molar-refractivity contribution >= 4 is 67.4 Å². The van der Waals surface area contributed by atoms with Gasteiger partial charge in [0.1, 0.15) is 6.54 Å². The number of ether oxygens (including phenoxy) is 1. The maximum Gasteiger partial charge on any atom is 0.325 e. The molecule has 0 aliphatic heterocycles. The zero-order valence-corrected chi connectivity index (χ0v) is 16.7. The molecule has 1 amide bonds. The Balaban J connectivity index is 1.97. The number of methoxy groups -OCH3 is 1.